The minimum Gasteiger partial charge on any atom is -0.0943 e. The molecule has 0 heterocycles. The summed E-state index contributed by atoms with van der Waals surface area (Å²) < 4.78 is 0. The summed E-state index contributed by atoms with van der Waals surface area (Å²) in [5.74, 6) is 0. The van der Waals surface area contributed by atoms with Crippen molar-refractivity contribution in [2.24, 2.45) is 0 Å². The zero-order valence-electron chi connectivity index (χ0n) is 5.00. The molecule has 0 aromatic rings. The summed E-state index contributed by atoms with van der Waals surface area (Å²) in [5.41, 5.74) is 2.39. The van der Waals surface area contributed by atoms with E-state index in [1.807, 2.05) is 0 Å². The first-order valence-corrected chi connectivity index (χ1v) is 3.13. The molecule has 0 saturated heterocycles. The average molecular weight is 129 g/mol. The highest BCUT2D eigenvalue weighted by atomic mass is 35.5. The summed E-state index contributed by atoms with van der Waals surface area (Å²) in [6.07, 6.45) is 2.17. The van der Waals surface area contributed by atoms with E-state index in [1.165, 1.54) is 5.57 Å². The Kier molecular flexibility index (Phi) is 1.43. The standard InChI is InChI=1S/C7H9Cl/c1-5-3-4-6(2)7(5)8/h1,3-4H2,2H3. The number of rotatable bonds is 0. The fourth-order valence-corrected chi connectivity index (χ4v) is 1.05. The summed E-state index contributed by atoms with van der Waals surface area (Å²) in [7, 11) is 0. The van der Waals surface area contributed by atoms with Crippen LogP contribution in [0.15, 0.2) is 22.8 Å². The van der Waals surface area contributed by atoms with Crippen LogP contribution in [0.2, 0.25) is 0 Å². The van der Waals surface area contributed by atoms with Crippen molar-refractivity contribution in [1.29, 1.82) is 0 Å². The predicted octanol–water partition coefficient (Wildman–Crippen LogP) is 2.85. The molecule has 0 radical (unpaired) electrons. The van der Waals surface area contributed by atoms with E-state index < -0.39 is 0 Å². The molecule has 1 heteroatoms. The Morgan fingerprint density at radius 2 is 2.12 bits per heavy atom. The van der Waals surface area contributed by atoms with Crippen molar-refractivity contribution in [3.8, 4) is 0 Å². The Hall–Kier alpha value is -0.230. The Bertz CT molecular complexity index is 154. The van der Waals surface area contributed by atoms with Crippen molar-refractivity contribution < 1.29 is 0 Å². The van der Waals surface area contributed by atoms with Gasteiger partial charge in [-0.15, -0.1) is 0 Å². The minimum absolute atomic E-state index is 0.907. The normalized spacial score (nSPS) is 20.5. The van der Waals surface area contributed by atoms with Gasteiger partial charge in [0.1, 0.15) is 0 Å². The van der Waals surface area contributed by atoms with E-state index in [0.29, 0.717) is 0 Å². The molecule has 0 unspecified atom stereocenters. The zero-order chi connectivity index (χ0) is 6.15. The first-order chi connectivity index (χ1) is 3.72. The van der Waals surface area contributed by atoms with Gasteiger partial charge < -0.3 is 0 Å². The van der Waals surface area contributed by atoms with Gasteiger partial charge in [0.25, 0.3) is 0 Å². The van der Waals surface area contributed by atoms with Crippen LogP contribution in [0, 0.1) is 0 Å². The third kappa shape index (κ3) is 0.805. The Balaban J connectivity index is 2.86. The molecule has 0 aromatic heterocycles. The van der Waals surface area contributed by atoms with Gasteiger partial charge in [-0.3, -0.25) is 0 Å². The highest BCUT2D eigenvalue weighted by molar-refractivity contribution is 6.32. The van der Waals surface area contributed by atoms with Crippen molar-refractivity contribution in [3.63, 3.8) is 0 Å². The van der Waals surface area contributed by atoms with Gasteiger partial charge in [-0.1, -0.05) is 23.8 Å². The first-order valence-electron chi connectivity index (χ1n) is 2.75. The van der Waals surface area contributed by atoms with Gasteiger partial charge in [0.2, 0.25) is 0 Å². The molecule has 0 fully saturated rings. The lowest BCUT2D eigenvalue weighted by Gasteiger charge is -1.88. The van der Waals surface area contributed by atoms with E-state index in [4.69, 9.17) is 11.6 Å². The molecule has 1 rings (SSSR count). The third-order valence-corrected chi connectivity index (χ3v) is 2.08. The second kappa shape index (κ2) is 1.94. The van der Waals surface area contributed by atoms with Gasteiger partial charge in [-0.2, -0.15) is 0 Å². The number of halogens is 1. The van der Waals surface area contributed by atoms with Gasteiger partial charge >= 0.3 is 0 Å². The van der Waals surface area contributed by atoms with Gasteiger partial charge in [0.15, 0.2) is 0 Å². The van der Waals surface area contributed by atoms with Gasteiger partial charge in [0, 0.05) is 5.03 Å². The molecule has 0 N–H and O–H groups in total. The van der Waals surface area contributed by atoms with E-state index in [1.54, 1.807) is 0 Å². The number of hydrogen-bond donors (Lipinski definition) is 0. The summed E-state index contributed by atoms with van der Waals surface area (Å²) in [6, 6.07) is 0. The van der Waals surface area contributed by atoms with E-state index in [-0.39, 0.29) is 0 Å². The summed E-state index contributed by atoms with van der Waals surface area (Å²) in [4.78, 5) is 0. The smallest absolute Gasteiger partial charge is 0.0421 e. The van der Waals surface area contributed by atoms with Crippen LogP contribution in [0.4, 0.5) is 0 Å². The molecular weight excluding hydrogens is 120 g/mol. The van der Waals surface area contributed by atoms with Crippen LogP contribution in [0.1, 0.15) is 19.8 Å². The van der Waals surface area contributed by atoms with Crippen molar-refractivity contribution in [1.82, 2.24) is 0 Å². The summed E-state index contributed by atoms with van der Waals surface area (Å²) in [5, 5.41) is 0.907. The maximum atomic E-state index is 5.79. The van der Waals surface area contributed by atoms with Crippen molar-refractivity contribution in [3.05, 3.63) is 22.8 Å². The number of hydrogen-bond acceptors (Lipinski definition) is 0. The molecule has 0 bridgehead atoms. The van der Waals surface area contributed by atoms with Crippen molar-refractivity contribution in [2.75, 3.05) is 0 Å². The Morgan fingerprint density at radius 3 is 2.25 bits per heavy atom. The molecule has 0 spiro atoms. The molecule has 0 nitrogen and oxygen atoms in total. The maximum Gasteiger partial charge on any atom is 0.0421 e. The van der Waals surface area contributed by atoms with Crippen LogP contribution in [-0.4, -0.2) is 0 Å². The van der Waals surface area contributed by atoms with Gasteiger partial charge in [-0.05, 0) is 25.3 Å². The number of allylic oxidation sites excluding steroid dienone is 3. The van der Waals surface area contributed by atoms with Crippen LogP contribution < -0.4 is 0 Å². The molecule has 0 aliphatic heterocycles. The van der Waals surface area contributed by atoms with Crippen LogP contribution >= 0.6 is 11.6 Å². The van der Waals surface area contributed by atoms with Crippen LogP contribution in [-0.2, 0) is 0 Å². The lowest BCUT2D eigenvalue weighted by atomic mass is 10.2. The van der Waals surface area contributed by atoms with E-state index >= 15 is 0 Å². The molecule has 0 saturated carbocycles. The second-order valence-corrected chi connectivity index (χ2v) is 2.58. The first kappa shape index (κ1) is 5.90. The Morgan fingerprint density at radius 1 is 1.50 bits per heavy atom. The maximum absolute atomic E-state index is 5.79. The highest BCUT2D eigenvalue weighted by Crippen LogP contribution is 2.31. The minimum atomic E-state index is 0.907. The topological polar surface area (TPSA) is 0 Å². The summed E-state index contributed by atoms with van der Waals surface area (Å²) >= 11 is 5.79. The second-order valence-electron chi connectivity index (χ2n) is 2.20. The highest BCUT2D eigenvalue weighted by Gasteiger charge is 2.11. The Labute approximate surface area is 54.8 Å². The lowest BCUT2D eigenvalue weighted by molar-refractivity contribution is 1.01. The molecule has 44 valence electrons. The molecule has 1 aliphatic rings. The zero-order valence-corrected chi connectivity index (χ0v) is 5.76. The lowest BCUT2D eigenvalue weighted by Crippen LogP contribution is -1.67. The SMILES string of the molecule is C=C1CCC(C)=C1Cl. The van der Waals surface area contributed by atoms with E-state index in [9.17, 15) is 0 Å². The fourth-order valence-electron chi connectivity index (χ4n) is 0.860. The molecule has 1 aliphatic carbocycles. The largest absolute Gasteiger partial charge is 0.0943 e. The summed E-state index contributed by atoms with van der Waals surface area (Å²) in [6.45, 7) is 5.85. The van der Waals surface area contributed by atoms with Crippen molar-refractivity contribution in [2.45, 2.75) is 19.8 Å². The molecule has 0 aromatic carbocycles. The van der Waals surface area contributed by atoms with E-state index in [0.717, 1.165) is 23.4 Å². The fraction of sp³-hybridized carbons (Fsp3) is 0.429. The van der Waals surface area contributed by atoms with Gasteiger partial charge in [0.05, 0.1) is 0 Å². The average Bonchev–Trinajstić information content (AvgIpc) is 1.98. The van der Waals surface area contributed by atoms with Gasteiger partial charge in [-0.25, -0.2) is 0 Å². The monoisotopic (exact) mass is 128 g/mol. The van der Waals surface area contributed by atoms with Crippen LogP contribution in [0.3, 0.4) is 0 Å². The third-order valence-electron chi connectivity index (χ3n) is 1.49. The van der Waals surface area contributed by atoms with Crippen LogP contribution in [0.5, 0.6) is 0 Å². The predicted molar refractivity (Wildman–Crippen MR) is 36.9 cm³/mol. The molecule has 0 amide bonds. The van der Waals surface area contributed by atoms with E-state index in [2.05, 4.69) is 13.5 Å². The van der Waals surface area contributed by atoms with Crippen LogP contribution in [0.25, 0.3) is 0 Å². The molecular formula is C7H9Cl. The molecule has 8 heavy (non-hydrogen) atoms. The quantitative estimate of drug-likeness (QED) is 0.471. The van der Waals surface area contributed by atoms with Crippen molar-refractivity contribution >= 4 is 11.6 Å². The molecule has 0 atom stereocenters.